The first-order valence-electron chi connectivity index (χ1n) is 9.13. The molecule has 27 heavy (non-hydrogen) atoms. The number of rotatable bonds is 5. The average molecular weight is 366 g/mol. The first-order chi connectivity index (χ1) is 13.2. The molecule has 3 aliphatic rings. The van der Waals surface area contributed by atoms with Gasteiger partial charge in [0.2, 0.25) is 0 Å². The largest absolute Gasteiger partial charge is 0.465 e. The topological polar surface area (TPSA) is 80.2 Å². The molecule has 0 aliphatic carbocycles. The summed E-state index contributed by atoms with van der Waals surface area (Å²) in [6.07, 6.45) is 5.86. The molecule has 1 aromatic carbocycles. The number of esters is 1. The van der Waals surface area contributed by atoms with Crippen molar-refractivity contribution in [3.8, 4) is 11.3 Å². The zero-order valence-corrected chi connectivity index (χ0v) is 15.2. The van der Waals surface area contributed by atoms with E-state index in [1.54, 1.807) is 12.4 Å². The highest BCUT2D eigenvalue weighted by molar-refractivity contribution is 5.95. The summed E-state index contributed by atoms with van der Waals surface area (Å²) in [5.74, 6) is -0.502. The van der Waals surface area contributed by atoms with Crippen LogP contribution in [0.4, 0.5) is 0 Å². The first-order valence-corrected chi connectivity index (χ1v) is 9.13. The molecule has 7 heteroatoms. The van der Waals surface area contributed by atoms with Gasteiger partial charge in [0.05, 0.1) is 18.7 Å². The Morgan fingerprint density at radius 3 is 2.67 bits per heavy atom. The van der Waals surface area contributed by atoms with E-state index in [9.17, 15) is 9.59 Å². The first kappa shape index (κ1) is 17.5. The number of methoxy groups -OCH3 is 1. The minimum Gasteiger partial charge on any atom is -0.465 e. The monoisotopic (exact) mass is 366 g/mol. The van der Waals surface area contributed by atoms with Crippen LogP contribution >= 0.6 is 0 Å². The number of aromatic nitrogens is 3. The summed E-state index contributed by atoms with van der Waals surface area (Å²) >= 11 is 0. The van der Waals surface area contributed by atoms with Gasteiger partial charge in [-0.3, -0.25) is 9.69 Å². The SMILES string of the molecule is COC(=O)c1cn(CC(c2ccccc2)N2CCCC2)cc2c(=O)[nH]nc1-2. The number of benzene rings is 1. The number of carbonyl (C=O) groups is 1. The van der Waals surface area contributed by atoms with Crippen LogP contribution in [-0.4, -0.2) is 45.8 Å². The third kappa shape index (κ3) is 3.38. The van der Waals surface area contributed by atoms with Crippen molar-refractivity contribution >= 4 is 5.97 Å². The van der Waals surface area contributed by atoms with Gasteiger partial charge < -0.3 is 9.30 Å². The van der Waals surface area contributed by atoms with E-state index in [4.69, 9.17) is 4.74 Å². The Kier molecular flexibility index (Phi) is 4.77. The highest BCUT2D eigenvalue weighted by Crippen LogP contribution is 2.28. The van der Waals surface area contributed by atoms with Gasteiger partial charge in [0.25, 0.3) is 5.56 Å². The number of nitrogens with one attached hydrogen (secondary N) is 1. The maximum Gasteiger partial charge on any atom is 0.341 e. The minimum absolute atomic E-state index is 0.170. The van der Waals surface area contributed by atoms with Crippen molar-refractivity contribution in [1.29, 1.82) is 0 Å². The van der Waals surface area contributed by atoms with Crippen LogP contribution in [0.5, 0.6) is 0 Å². The summed E-state index contributed by atoms with van der Waals surface area (Å²) in [5, 5.41) is 6.41. The second kappa shape index (κ2) is 7.36. The van der Waals surface area contributed by atoms with Gasteiger partial charge >= 0.3 is 5.97 Å². The molecule has 1 N–H and O–H groups in total. The molecule has 4 rings (SSSR count). The Bertz CT molecular complexity index is 957. The third-order valence-electron chi connectivity index (χ3n) is 5.17. The molecule has 0 radical (unpaired) electrons. The Labute approximate surface area is 156 Å². The van der Waals surface area contributed by atoms with Crippen LogP contribution in [0.1, 0.15) is 34.8 Å². The van der Waals surface area contributed by atoms with Gasteiger partial charge in [0.15, 0.2) is 0 Å². The number of aromatic amines is 1. The second-order valence-corrected chi connectivity index (χ2v) is 6.84. The molecule has 1 aromatic rings. The molecule has 1 fully saturated rings. The fraction of sp³-hybridized carbons (Fsp3) is 0.350. The summed E-state index contributed by atoms with van der Waals surface area (Å²) in [7, 11) is 1.33. The van der Waals surface area contributed by atoms with E-state index < -0.39 is 5.97 Å². The predicted octanol–water partition coefficient (Wildman–Crippen LogP) is 2.30. The van der Waals surface area contributed by atoms with Crippen molar-refractivity contribution in [1.82, 2.24) is 19.7 Å². The molecule has 0 amide bonds. The van der Waals surface area contributed by atoms with Crippen LogP contribution in [0.25, 0.3) is 11.3 Å². The molecule has 3 aliphatic heterocycles. The summed E-state index contributed by atoms with van der Waals surface area (Å²) in [6.45, 7) is 2.73. The van der Waals surface area contributed by atoms with Crippen molar-refractivity contribution in [2.75, 3.05) is 20.2 Å². The number of carbonyl (C=O) groups excluding carboxylic acids is 1. The molecule has 0 saturated carbocycles. The lowest BCUT2D eigenvalue weighted by atomic mass is 10.0. The lowest BCUT2D eigenvalue weighted by molar-refractivity contribution is 0.0600. The van der Waals surface area contributed by atoms with Crippen LogP contribution < -0.4 is 5.56 Å². The van der Waals surface area contributed by atoms with Gasteiger partial charge in [0.1, 0.15) is 11.3 Å². The number of pyridine rings is 1. The fourth-order valence-electron chi connectivity index (χ4n) is 3.81. The van der Waals surface area contributed by atoms with Crippen LogP contribution in [0.2, 0.25) is 0 Å². The van der Waals surface area contributed by atoms with Crippen molar-refractivity contribution in [2.24, 2.45) is 0 Å². The summed E-state index contributed by atoms with van der Waals surface area (Å²) in [4.78, 5) is 26.8. The van der Waals surface area contributed by atoms with Gasteiger partial charge in [0, 0.05) is 18.9 Å². The van der Waals surface area contributed by atoms with E-state index in [0.29, 0.717) is 23.4 Å². The standard InChI is InChI=1S/C20H22N4O3/c1-27-20(26)16-12-23(11-15-18(16)21-22-19(15)25)13-17(24-9-5-6-10-24)14-7-3-2-4-8-14/h2-4,7-8,11-12,17H,5-6,9-10,13H2,1H3,(H,22,25). The number of nitrogens with zero attached hydrogens (tertiary/aromatic N) is 3. The molecule has 3 heterocycles. The van der Waals surface area contributed by atoms with E-state index in [2.05, 4.69) is 27.2 Å². The van der Waals surface area contributed by atoms with Crippen molar-refractivity contribution < 1.29 is 9.53 Å². The summed E-state index contributed by atoms with van der Waals surface area (Å²) < 4.78 is 6.78. The number of H-pyrrole nitrogens is 1. The highest BCUT2D eigenvalue weighted by atomic mass is 16.5. The van der Waals surface area contributed by atoms with Crippen molar-refractivity contribution in [3.05, 3.63) is 64.2 Å². The van der Waals surface area contributed by atoms with E-state index in [1.165, 1.54) is 25.5 Å². The molecular formula is C20H22N4O3. The summed E-state index contributed by atoms with van der Waals surface area (Å²) in [5.41, 5.74) is 1.95. The molecule has 1 unspecified atom stereocenters. The number of likely N-dealkylation sites (tertiary alicyclic amines) is 1. The third-order valence-corrected chi connectivity index (χ3v) is 5.17. The van der Waals surface area contributed by atoms with E-state index in [0.717, 1.165) is 13.1 Å². The number of ether oxygens (including phenoxy) is 1. The van der Waals surface area contributed by atoms with Crippen molar-refractivity contribution in [3.63, 3.8) is 0 Å². The molecule has 0 bridgehead atoms. The predicted molar refractivity (Wildman–Crippen MR) is 101 cm³/mol. The minimum atomic E-state index is -0.502. The molecular weight excluding hydrogens is 344 g/mol. The lowest BCUT2D eigenvalue weighted by Gasteiger charge is -2.29. The smallest absolute Gasteiger partial charge is 0.341 e. The summed E-state index contributed by atoms with van der Waals surface area (Å²) in [6, 6.07) is 10.5. The number of fused-ring (bicyclic) bond motifs is 1. The zero-order chi connectivity index (χ0) is 18.8. The van der Waals surface area contributed by atoms with Gasteiger partial charge in [-0.05, 0) is 31.5 Å². The molecule has 140 valence electrons. The molecule has 0 aromatic heterocycles. The van der Waals surface area contributed by atoms with Gasteiger partial charge in [-0.1, -0.05) is 30.3 Å². The maximum absolute atomic E-state index is 12.2. The molecule has 0 spiro atoms. The Morgan fingerprint density at radius 2 is 1.96 bits per heavy atom. The zero-order valence-electron chi connectivity index (χ0n) is 15.2. The number of hydrogen-bond acceptors (Lipinski definition) is 5. The van der Waals surface area contributed by atoms with Gasteiger partial charge in [-0.15, -0.1) is 0 Å². The quantitative estimate of drug-likeness (QED) is 0.701. The second-order valence-electron chi connectivity index (χ2n) is 6.84. The van der Waals surface area contributed by atoms with E-state index in [1.807, 2.05) is 22.8 Å². The Balaban J connectivity index is 1.76. The maximum atomic E-state index is 12.2. The molecule has 1 atom stereocenters. The van der Waals surface area contributed by atoms with Crippen LogP contribution in [0.3, 0.4) is 0 Å². The lowest BCUT2D eigenvalue weighted by Crippen LogP contribution is -2.29. The highest BCUT2D eigenvalue weighted by Gasteiger charge is 2.26. The van der Waals surface area contributed by atoms with Crippen molar-refractivity contribution in [2.45, 2.75) is 25.4 Å². The van der Waals surface area contributed by atoms with E-state index >= 15 is 0 Å². The molecule has 1 saturated heterocycles. The average Bonchev–Trinajstić information content (AvgIpc) is 3.36. The fourth-order valence-corrected chi connectivity index (χ4v) is 3.81. The van der Waals surface area contributed by atoms with E-state index in [-0.39, 0.29) is 11.6 Å². The van der Waals surface area contributed by atoms with Gasteiger partial charge in [-0.2, -0.15) is 5.10 Å². The Morgan fingerprint density at radius 1 is 1.22 bits per heavy atom. The Hall–Kier alpha value is -2.93. The van der Waals surface area contributed by atoms with Gasteiger partial charge in [-0.25, -0.2) is 9.89 Å². The van der Waals surface area contributed by atoms with Crippen LogP contribution in [-0.2, 0) is 11.3 Å². The number of hydrogen-bond donors (Lipinski definition) is 1. The van der Waals surface area contributed by atoms with Crippen LogP contribution in [0.15, 0.2) is 47.5 Å². The molecule has 7 nitrogen and oxygen atoms in total. The normalized spacial score (nSPS) is 15.9. The van der Waals surface area contributed by atoms with Crippen LogP contribution in [0, 0.1) is 0 Å².